The van der Waals surface area contributed by atoms with Crippen molar-refractivity contribution < 1.29 is 33.6 Å². The second-order valence-corrected chi connectivity index (χ2v) is 9.95. The summed E-state index contributed by atoms with van der Waals surface area (Å²) >= 11 is 0. The van der Waals surface area contributed by atoms with Gasteiger partial charge in [0, 0.05) is 38.1 Å². The number of ether oxygens (including phenoxy) is 2. The first-order valence-electron chi connectivity index (χ1n) is 13.3. The first kappa shape index (κ1) is 30.3. The van der Waals surface area contributed by atoms with Crippen LogP contribution in [0, 0.1) is 16.0 Å². The van der Waals surface area contributed by atoms with Gasteiger partial charge in [-0.05, 0) is 44.7 Å². The normalized spacial score (nSPS) is 23.1. The number of unbranched alkanes of at least 4 members (excludes halogenated alkanes) is 2. The SMILES string of the molecule is C=CCCCCN(C)C(=O)[C@@H]1C[C@@H](OC(=O)c2ccc([N+](=O)[O-])cc2)CN1C(=O)N[C@]1(C(=O)OCC)C[C@H]1C=C. The van der Waals surface area contributed by atoms with Crippen molar-refractivity contribution in [2.24, 2.45) is 5.92 Å². The maximum absolute atomic E-state index is 13.5. The zero-order valence-electron chi connectivity index (χ0n) is 22.9. The van der Waals surface area contributed by atoms with Crippen molar-refractivity contribution in [3.05, 3.63) is 65.3 Å². The molecule has 0 aromatic heterocycles. The molecule has 1 aromatic rings. The van der Waals surface area contributed by atoms with Crippen LogP contribution in [0.2, 0.25) is 0 Å². The van der Waals surface area contributed by atoms with Crippen LogP contribution >= 0.6 is 0 Å². The molecule has 1 aromatic carbocycles. The van der Waals surface area contributed by atoms with Gasteiger partial charge in [-0.3, -0.25) is 14.9 Å². The van der Waals surface area contributed by atoms with Gasteiger partial charge in [-0.25, -0.2) is 14.4 Å². The summed E-state index contributed by atoms with van der Waals surface area (Å²) < 4.78 is 10.8. The van der Waals surface area contributed by atoms with Crippen LogP contribution < -0.4 is 5.32 Å². The third-order valence-corrected chi connectivity index (χ3v) is 7.19. The number of benzene rings is 1. The molecule has 0 spiro atoms. The van der Waals surface area contributed by atoms with E-state index >= 15 is 0 Å². The molecule has 1 aliphatic heterocycles. The number of nitrogens with one attached hydrogen (secondary N) is 1. The number of esters is 2. The number of hydrogen-bond donors (Lipinski definition) is 1. The van der Waals surface area contributed by atoms with E-state index < -0.39 is 40.6 Å². The number of nitro benzene ring substituents is 1. The Hall–Kier alpha value is -4.22. The molecule has 1 heterocycles. The maximum atomic E-state index is 13.5. The van der Waals surface area contributed by atoms with Crippen LogP contribution in [0.4, 0.5) is 10.5 Å². The largest absolute Gasteiger partial charge is 0.464 e. The summed E-state index contributed by atoms with van der Waals surface area (Å²) in [4.78, 5) is 65.5. The van der Waals surface area contributed by atoms with Crippen LogP contribution in [0.15, 0.2) is 49.6 Å². The molecular formula is C28H36N4O8. The topological polar surface area (TPSA) is 148 Å². The minimum absolute atomic E-state index is 0.0548. The molecule has 3 rings (SSSR count). The van der Waals surface area contributed by atoms with Crippen LogP contribution in [-0.2, 0) is 19.1 Å². The van der Waals surface area contributed by atoms with E-state index in [1.165, 1.54) is 29.2 Å². The first-order chi connectivity index (χ1) is 19.1. The number of likely N-dealkylation sites (N-methyl/N-ethyl adjacent to an activating group) is 1. The van der Waals surface area contributed by atoms with Crippen molar-refractivity contribution >= 4 is 29.6 Å². The highest BCUT2D eigenvalue weighted by atomic mass is 16.6. The Balaban J connectivity index is 1.76. The Kier molecular flexibility index (Phi) is 10.0. The molecule has 40 heavy (non-hydrogen) atoms. The maximum Gasteiger partial charge on any atom is 0.338 e. The number of carbonyl (C=O) groups is 4. The van der Waals surface area contributed by atoms with Crippen molar-refractivity contribution in [3.8, 4) is 0 Å². The molecule has 12 heteroatoms. The van der Waals surface area contributed by atoms with Gasteiger partial charge in [-0.2, -0.15) is 0 Å². The lowest BCUT2D eigenvalue weighted by Gasteiger charge is -2.29. The lowest BCUT2D eigenvalue weighted by Crippen LogP contribution is -2.55. The van der Waals surface area contributed by atoms with Crippen LogP contribution in [-0.4, -0.2) is 83.0 Å². The molecule has 0 bridgehead atoms. The van der Waals surface area contributed by atoms with E-state index in [9.17, 15) is 29.3 Å². The summed E-state index contributed by atoms with van der Waals surface area (Å²) in [7, 11) is 1.65. The number of nitro groups is 1. The highest BCUT2D eigenvalue weighted by molar-refractivity contribution is 5.94. The van der Waals surface area contributed by atoms with E-state index in [1.54, 1.807) is 24.9 Å². The molecule has 216 valence electrons. The molecule has 12 nitrogen and oxygen atoms in total. The number of urea groups is 1. The lowest BCUT2D eigenvalue weighted by molar-refractivity contribution is -0.384. The van der Waals surface area contributed by atoms with Gasteiger partial charge in [0.05, 0.1) is 23.6 Å². The van der Waals surface area contributed by atoms with Gasteiger partial charge in [0.2, 0.25) is 5.91 Å². The fraction of sp³-hybridized carbons (Fsp3) is 0.500. The van der Waals surface area contributed by atoms with Gasteiger partial charge >= 0.3 is 18.0 Å². The number of carbonyl (C=O) groups excluding carboxylic acids is 4. The standard InChI is InChI=1S/C28H36N4O8/c1-5-8-9-10-15-30(4)24(33)23-16-22(40-25(34)19-11-13-21(14-12-19)32(37)38)18-31(23)27(36)29-28(17-20(28)6-2)26(35)39-7-3/h5-6,11-14,20,22-23H,1-2,7-10,15-18H2,3-4H3,(H,29,36)/t20-,22-,23+,28-/m1/s1. The Labute approximate surface area is 233 Å². The molecule has 0 unspecified atom stereocenters. The van der Waals surface area contributed by atoms with Gasteiger partial charge in [0.25, 0.3) is 5.69 Å². The summed E-state index contributed by atoms with van der Waals surface area (Å²) in [5.41, 5.74) is -1.33. The van der Waals surface area contributed by atoms with E-state index in [2.05, 4.69) is 18.5 Å². The quantitative estimate of drug-likeness (QED) is 0.128. The number of rotatable bonds is 13. The van der Waals surface area contributed by atoms with Crippen molar-refractivity contribution in [3.63, 3.8) is 0 Å². The molecule has 4 atom stereocenters. The average molecular weight is 557 g/mol. The number of likely N-dealkylation sites (tertiary alicyclic amines) is 1. The van der Waals surface area contributed by atoms with Gasteiger partial charge in [0.15, 0.2) is 0 Å². The zero-order chi connectivity index (χ0) is 29.4. The number of amides is 3. The predicted octanol–water partition coefficient (Wildman–Crippen LogP) is 3.23. The third kappa shape index (κ3) is 6.85. The summed E-state index contributed by atoms with van der Waals surface area (Å²) in [5, 5.41) is 13.7. The van der Waals surface area contributed by atoms with Crippen molar-refractivity contribution in [2.75, 3.05) is 26.7 Å². The molecule has 1 saturated heterocycles. The number of non-ortho nitro benzene ring substituents is 1. The lowest BCUT2D eigenvalue weighted by atomic mass is 10.1. The van der Waals surface area contributed by atoms with Crippen molar-refractivity contribution in [1.82, 2.24) is 15.1 Å². The fourth-order valence-electron chi connectivity index (χ4n) is 4.81. The van der Waals surface area contributed by atoms with E-state index in [1.807, 2.05) is 6.08 Å². The van der Waals surface area contributed by atoms with E-state index in [0.717, 1.165) is 19.3 Å². The molecule has 1 aliphatic carbocycles. The second-order valence-electron chi connectivity index (χ2n) is 9.95. The van der Waals surface area contributed by atoms with Gasteiger partial charge in [-0.15, -0.1) is 13.2 Å². The van der Waals surface area contributed by atoms with Gasteiger partial charge in [0.1, 0.15) is 17.7 Å². The van der Waals surface area contributed by atoms with Gasteiger partial charge < -0.3 is 24.6 Å². The highest BCUT2D eigenvalue weighted by Crippen LogP contribution is 2.45. The molecule has 2 aliphatic rings. The molecule has 3 amide bonds. The minimum atomic E-state index is -1.26. The molecular weight excluding hydrogens is 520 g/mol. The Morgan fingerprint density at radius 1 is 1.23 bits per heavy atom. The van der Waals surface area contributed by atoms with Crippen LogP contribution in [0.1, 0.15) is 49.4 Å². The molecule has 0 radical (unpaired) electrons. The number of nitrogens with zero attached hydrogens (tertiary/aromatic N) is 3. The Morgan fingerprint density at radius 3 is 2.50 bits per heavy atom. The molecule has 2 fully saturated rings. The summed E-state index contributed by atoms with van der Waals surface area (Å²) in [6.45, 7) is 9.63. The Bertz CT molecular complexity index is 1150. The summed E-state index contributed by atoms with van der Waals surface area (Å²) in [6, 6.07) is 3.37. The van der Waals surface area contributed by atoms with Gasteiger partial charge in [-0.1, -0.05) is 12.2 Å². The third-order valence-electron chi connectivity index (χ3n) is 7.19. The van der Waals surface area contributed by atoms with Crippen molar-refractivity contribution in [2.45, 2.75) is 56.7 Å². The predicted molar refractivity (Wildman–Crippen MR) is 145 cm³/mol. The minimum Gasteiger partial charge on any atom is -0.464 e. The second kappa shape index (κ2) is 13.2. The van der Waals surface area contributed by atoms with E-state index in [-0.39, 0.29) is 42.6 Å². The number of hydrogen-bond acceptors (Lipinski definition) is 8. The average Bonchev–Trinajstić information content (AvgIpc) is 3.50. The summed E-state index contributed by atoms with van der Waals surface area (Å²) in [5.74, 6) is -1.93. The monoisotopic (exact) mass is 556 g/mol. The van der Waals surface area contributed by atoms with Crippen molar-refractivity contribution in [1.29, 1.82) is 0 Å². The fourth-order valence-corrected chi connectivity index (χ4v) is 4.81. The van der Waals surface area contributed by atoms with Crippen LogP contribution in [0.5, 0.6) is 0 Å². The first-order valence-corrected chi connectivity index (χ1v) is 13.3. The smallest absolute Gasteiger partial charge is 0.338 e. The summed E-state index contributed by atoms with van der Waals surface area (Å²) in [6.07, 6.45) is 5.38. The van der Waals surface area contributed by atoms with Crippen LogP contribution in [0.3, 0.4) is 0 Å². The molecule has 1 saturated carbocycles. The number of allylic oxidation sites excluding steroid dienone is 1. The van der Waals surface area contributed by atoms with E-state index in [4.69, 9.17) is 9.47 Å². The van der Waals surface area contributed by atoms with E-state index in [0.29, 0.717) is 13.0 Å². The molecule has 1 N–H and O–H groups in total. The highest BCUT2D eigenvalue weighted by Gasteiger charge is 2.62. The Morgan fingerprint density at radius 2 is 1.93 bits per heavy atom. The zero-order valence-corrected chi connectivity index (χ0v) is 22.9. The van der Waals surface area contributed by atoms with Crippen LogP contribution in [0.25, 0.3) is 0 Å².